The van der Waals surface area contributed by atoms with Crippen LogP contribution in [0.2, 0.25) is 0 Å². The summed E-state index contributed by atoms with van der Waals surface area (Å²) in [5, 5.41) is 0. The number of nitrogens with zero attached hydrogens (tertiary/aromatic N) is 5. The van der Waals surface area contributed by atoms with Crippen molar-refractivity contribution in [2.24, 2.45) is 0 Å². The number of likely N-dealkylation sites (N-methyl/N-ethyl adjacent to an activating group) is 1. The van der Waals surface area contributed by atoms with Gasteiger partial charge < -0.3 is 9.64 Å². The van der Waals surface area contributed by atoms with Gasteiger partial charge in [-0.1, -0.05) is 0 Å². The zero-order valence-corrected chi connectivity index (χ0v) is 14.7. The second-order valence-electron chi connectivity index (χ2n) is 7.16. The molecule has 4 heterocycles. The highest BCUT2D eigenvalue weighted by Gasteiger charge is 2.44. The molecule has 2 aromatic heterocycles. The minimum absolute atomic E-state index is 0.0302. The van der Waals surface area contributed by atoms with Crippen molar-refractivity contribution in [3.05, 3.63) is 48.5 Å². The molecule has 6 nitrogen and oxygen atoms in total. The number of aromatic nitrogens is 3. The van der Waals surface area contributed by atoms with Gasteiger partial charge in [0.1, 0.15) is 0 Å². The zero-order valence-electron chi connectivity index (χ0n) is 14.7. The normalized spacial score (nSPS) is 22.6. The first-order valence-corrected chi connectivity index (χ1v) is 8.99. The molecule has 0 saturated carbocycles. The third-order valence-corrected chi connectivity index (χ3v) is 5.50. The smallest absolute Gasteiger partial charge is 0.225 e. The summed E-state index contributed by atoms with van der Waals surface area (Å²) in [5.41, 5.74) is 1.33. The third kappa shape index (κ3) is 3.65. The molecule has 0 radical (unpaired) electrons. The van der Waals surface area contributed by atoms with Crippen molar-refractivity contribution in [3.8, 4) is 0 Å². The summed E-state index contributed by atoms with van der Waals surface area (Å²) >= 11 is 0. The van der Waals surface area contributed by atoms with Crippen molar-refractivity contribution in [1.82, 2.24) is 19.9 Å². The summed E-state index contributed by atoms with van der Waals surface area (Å²) < 4.78 is 6.32. The van der Waals surface area contributed by atoms with Crippen molar-refractivity contribution in [1.29, 1.82) is 0 Å². The van der Waals surface area contributed by atoms with Crippen LogP contribution in [-0.2, 0) is 11.3 Å². The Morgan fingerprint density at radius 1 is 1.16 bits per heavy atom. The molecule has 2 aliphatic heterocycles. The molecule has 25 heavy (non-hydrogen) atoms. The van der Waals surface area contributed by atoms with E-state index in [4.69, 9.17) is 4.74 Å². The Hall–Kier alpha value is -2.05. The van der Waals surface area contributed by atoms with Gasteiger partial charge in [0.25, 0.3) is 0 Å². The molecule has 1 atom stereocenters. The Kier molecular flexibility index (Phi) is 4.63. The van der Waals surface area contributed by atoms with Crippen LogP contribution < -0.4 is 4.90 Å². The van der Waals surface area contributed by atoms with Crippen molar-refractivity contribution >= 4 is 5.95 Å². The summed E-state index contributed by atoms with van der Waals surface area (Å²) in [6.45, 7) is 3.69. The SMILES string of the molecule is CN(Cc1ccncc1)[C@@H]1COC2(CCN(c3ncccn3)CC2)C1. The lowest BCUT2D eigenvalue weighted by Gasteiger charge is -2.38. The molecule has 0 amide bonds. The standard InChI is InChI=1S/C19H25N5O/c1-23(14-16-3-9-20-10-4-16)17-13-19(25-15-17)5-11-24(12-6-19)18-21-7-2-8-22-18/h2-4,7-10,17H,5-6,11-15H2,1H3/t17-/m0/s1. The largest absolute Gasteiger partial charge is 0.373 e. The van der Waals surface area contributed by atoms with Gasteiger partial charge in [-0.3, -0.25) is 9.88 Å². The summed E-state index contributed by atoms with van der Waals surface area (Å²) in [4.78, 5) is 17.5. The molecule has 0 unspecified atom stereocenters. The number of ether oxygens (including phenoxy) is 1. The van der Waals surface area contributed by atoms with Crippen LogP contribution in [-0.4, -0.2) is 58.2 Å². The van der Waals surface area contributed by atoms with E-state index < -0.39 is 0 Å². The second kappa shape index (κ2) is 7.06. The van der Waals surface area contributed by atoms with Gasteiger partial charge in [0.05, 0.1) is 12.2 Å². The minimum atomic E-state index is 0.0302. The average molecular weight is 339 g/mol. The van der Waals surface area contributed by atoms with E-state index in [-0.39, 0.29) is 5.60 Å². The lowest BCUT2D eigenvalue weighted by molar-refractivity contribution is -0.0159. The van der Waals surface area contributed by atoms with Crippen LogP contribution in [0.15, 0.2) is 43.0 Å². The molecule has 2 aromatic rings. The average Bonchev–Trinajstić information content (AvgIpc) is 3.08. The molecule has 132 valence electrons. The lowest BCUT2D eigenvalue weighted by atomic mass is 9.87. The van der Waals surface area contributed by atoms with Gasteiger partial charge in [0, 0.05) is 50.5 Å². The van der Waals surface area contributed by atoms with E-state index in [9.17, 15) is 0 Å². The summed E-state index contributed by atoms with van der Waals surface area (Å²) in [7, 11) is 2.19. The molecule has 0 aromatic carbocycles. The van der Waals surface area contributed by atoms with E-state index in [1.165, 1.54) is 5.56 Å². The van der Waals surface area contributed by atoms with E-state index in [1.54, 1.807) is 0 Å². The Morgan fingerprint density at radius 2 is 1.88 bits per heavy atom. The molecule has 6 heteroatoms. The molecular weight excluding hydrogens is 314 g/mol. The van der Waals surface area contributed by atoms with Crippen LogP contribution in [0.1, 0.15) is 24.8 Å². The molecule has 1 spiro atoms. The van der Waals surface area contributed by atoms with Gasteiger partial charge in [0.2, 0.25) is 5.95 Å². The summed E-state index contributed by atoms with van der Waals surface area (Å²) in [6.07, 6.45) is 10.5. The lowest BCUT2D eigenvalue weighted by Crippen LogP contribution is -2.45. The highest BCUT2D eigenvalue weighted by atomic mass is 16.5. The third-order valence-electron chi connectivity index (χ3n) is 5.50. The van der Waals surface area contributed by atoms with Crippen molar-refractivity contribution in [2.75, 3.05) is 31.6 Å². The predicted octanol–water partition coefficient (Wildman–Crippen LogP) is 2.13. The van der Waals surface area contributed by atoms with E-state index in [0.717, 1.165) is 51.5 Å². The molecule has 2 aliphatic rings. The Bertz CT molecular complexity index is 673. The zero-order chi connectivity index (χ0) is 17.1. The Morgan fingerprint density at radius 3 is 2.60 bits per heavy atom. The number of hydrogen-bond acceptors (Lipinski definition) is 6. The molecular formula is C19H25N5O. The van der Waals surface area contributed by atoms with Crippen LogP contribution in [0.3, 0.4) is 0 Å². The van der Waals surface area contributed by atoms with Crippen LogP contribution in [0.4, 0.5) is 5.95 Å². The topological polar surface area (TPSA) is 54.4 Å². The summed E-state index contributed by atoms with van der Waals surface area (Å²) in [5.74, 6) is 0.835. The van der Waals surface area contributed by atoms with Crippen molar-refractivity contribution in [3.63, 3.8) is 0 Å². The van der Waals surface area contributed by atoms with Gasteiger partial charge in [-0.05, 0) is 50.1 Å². The molecule has 0 bridgehead atoms. The van der Waals surface area contributed by atoms with E-state index in [0.29, 0.717) is 6.04 Å². The number of hydrogen-bond donors (Lipinski definition) is 0. The van der Waals surface area contributed by atoms with E-state index >= 15 is 0 Å². The fourth-order valence-corrected chi connectivity index (χ4v) is 3.93. The molecule has 0 N–H and O–H groups in total. The van der Waals surface area contributed by atoms with Crippen LogP contribution in [0.25, 0.3) is 0 Å². The summed E-state index contributed by atoms with van der Waals surface area (Å²) in [6, 6.07) is 6.51. The first kappa shape index (κ1) is 16.4. The van der Waals surface area contributed by atoms with Gasteiger partial charge >= 0.3 is 0 Å². The van der Waals surface area contributed by atoms with E-state index in [2.05, 4.69) is 43.9 Å². The Balaban J connectivity index is 1.33. The van der Waals surface area contributed by atoms with Crippen LogP contribution >= 0.6 is 0 Å². The maximum Gasteiger partial charge on any atom is 0.225 e. The van der Waals surface area contributed by atoms with Gasteiger partial charge in [-0.15, -0.1) is 0 Å². The van der Waals surface area contributed by atoms with Crippen LogP contribution in [0, 0.1) is 0 Å². The molecule has 4 rings (SSSR count). The maximum absolute atomic E-state index is 6.32. The second-order valence-corrected chi connectivity index (χ2v) is 7.16. The maximum atomic E-state index is 6.32. The predicted molar refractivity (Wildman–Crippen MR) is 96.3 cm³/mol. The van der Waals surface area contributed by atoms with Gasteiger partial charge in [0.15, 0.2) is 0 Å². The van der Waals surface area contributed by atoms with Crippen LogP contribution in [0.5, 0.6) is 0 Å². The van der Waals surface area contributed by atoms with Crippen molar-refractivity contribution < 1.29 is 4.74 Å². The van der Waals surface area contributed by atoms with Gasteiger partial charge in [-0.2, -0.15) is 0 Å². The number of anilines is 1. The highest BCUT2D eigenvalue weighted by molar-refractivity contribution is 5.29. The number of piperidine rings is 1. The van der Waals surface area contributed by atoms with Gasteiger partial charge in [-0.25, -0.2) is 9.97 Å². The highest BCUT2D eigenvalue weighted by Crippen LogP contribution is 2.38. The molecule has 2 saturated heterocycles. The number of rotatable bonds is 4. The van der Waals surface area contributed by atoms with Crippen molar-refractivity contribution in [2.45, 2.75) is 37.5 Å². The fourth-order valence-electron chi connectivity index (χ4n) is 3.93. The Labute approximate surface area is 148 Å². The molecule has 0 aliphatic carbocycles. The monoisotopic (exact) mass is 339 g/mol. The fraction of sp³-hybridized carbons (Fsp3) is 0.526. The first-order valence-electron chi connectivity index (χ1n) is 8.99. The molecule has 2 fully saturated rings. The minimum Gasteiger partial charge on any atom is -0.373 e. The number of pyridine rings is 1. The quantitative estimate of drug-likeness (QED) is 0.851. The van der Waals surface area contributed by atoms with E-state index in [1.807, 2.05) is 30.9 Å². The first-order chi connectivity index (χ1) is 12.2.